The fourth-order valence-electron chi connectivity index (χ4n) is 1.22. The van der Waals surface area contributed by atoms with Crippen LogP contribution < -0.4 is 5.73 Å². The minimum Gasteiger partial charge on any atom is -0.323 e. The molecular weight excluding hydrogens is 204 g/mol. The summed E-state index contributed by atoms with van der Waals surface area (Å²) in [5.41, 5.74) is 8.41. The third-order valence-electron chi connectivity index (χ3n) is 2.02. The molecular formula is C12H20N2S. The predicted octanol–water partition coefficient (Wildman–Crippen LogP) is 2.92. The lowest BCUT2D eigenvalue weighted by molar-refractivity contribution is 0.776. The van der Waals surface area contributed by atoms with Gasteiger partial charge in [-0.1, -0.05) is 26.8 Å². The molecule has 3 heteroatoms. The monoisotopic (exact) mass is 224 g/mol. The molecule has 0 aromatic carbocycles. The first-order chi connectivity index (χ1) is 6.88. The Morgan fingerprint density at radius 3 is 2.60 bits per heavy atom. The molecule has 0 aliphatic rings. The largest absolute Gasteiger partial charge is 0.323 e. The molecule has 2 nitrogen and oxygen atoms in total. The van der Waals surface area contributed by atoms with Crippen molar-refractivity contribution >= 4 is 11.8 Å². The van der Waals surface area contributed by atoms with Crippen molar-refractivity contribution in [2.75, 3.05) is 5.75 Å². The number of hydrogen-bond acceptors (Lipinski definition) is 3. The van der Waals surface area contributed by atoms with Gasteiger partial charge in [0.05, 0.1) is 0 Å². The third-order valence-corrected chi connectivity index (χ3v) is 3.41. The van der Waals surface area contributed by atoms with Gasteiger partial charge in [-0.3, -0.25) is 4.98 Å². The van der Waals surface area contributed by atoms with Crippen LogP contribution in [0.1, 0.15) is 37.9 Å². The van der Waals surface area contributed by atoms with E-state index in [0.717, 1.165) is 11.3 Å². The van der Waals surface area contributed by atoms with Crippen LogP contribution in [0.5, 0.6) is 0 Å². The molecule has 0 fully saturated rings. The van der Waals surface area contributed by atoms with E-state index in [1.807, 2.05) is 31.1 Å². The number of thioether (sulfide) groups is 1. The normalized spacial score (nSPS) is 13.9. The molecule has 0 aliphatic heterocycles. The van der Waals surface area contributed by atoms with Crippen LogP contribution in [0, 0.1) is 6.92 Å². The van der Waals surface area contributed by atoms with Gasteiger partial charge in [0.2, 0.25) is 0 Å². The molecule has 0 saturated carbocycles. The molecule has 1 rings (SSSR count). The summed E-state index contributed by atoms with van der Waals surface area (Å²) in [5.74, 6) is 0.939. The lowest BCUT2D eigenvalue weighted by Gasteiger charge is -2.20. The summed E-state index contributed by atoms with van der Waals surface area (Å²) in [6.45, 7) is 8.66. The van der Waals surface area contributed by atoms with E-state index in [1.165, 1.54) is 5.56 Å². The predicted molar refractivity (Wildman–Crippen MR) is 68.1 cm³/mol. The summed E-state index contributed by atoms with van der Waals surface area (Å²) in [6, 6.07) is 2.20. The van der Waals surface area contributed by atoms with Crippen molar-refractivity contribution in [3.8, 4) is 0 Å². The maximum Gasteiger partial charge on any atom is 0.0402 e. The van der Waals surface area contributed by atoms with Crippen LogP contribution in [0.25, 0.3) is 0 Å². The van der Waals surface area contributed by atoms with Gasteiger partial charge in [-0.2, -0.15) is 11.8 Å². The second kappa shape index (κ2) is 4.99. The Balaban J connectivity index is 2.58. The van der Waals surface area contributed by atoms with Crippen LogP contribution >= 0.6 is 11.8 Å². The summed E-state index contributed by atoms with van der Waals surface area (Å²) < 4.78 is 0.273. The summed E-state index contributed by atoms with van der Waals surface area (Å²) in [6.07, 6.45) is 3.72. The van der Waals surface area contributed by atoms with E-state index in [2.05, 4.69) is 31.8 Å². The molecule has 0 saturated heterocycles. The van der Waals surface area contributed by atoms with E-state index in [-0.39, 0.29) is 10.8 Å². The van der Waals surface area contributed by atoms with Crippen LogP contribution in [0.4, 0.5) is 0 Å². The lowest BCUT2D eigenvalue weighted by atomic mass is 10.1. The van der Waals surface area contributed by atoms with E-state index in [1.54, 1.807) is 0 Å². The zero-order valence-corrected chi connectivity index (χ0v) is 10.8. The maximum absolute atomic E-state index is 6.11. The van der Waals surface area contributed by atoms with Gasteiger partial charge < -0.3 is 5.73 Å². The molecule has 0 amide bonds. The van der Waals surface area contributed by atoms with Crippen LogP contribution in [-0.4, -0.2) is 15.5 Å². The van der Waals surface area contributed by atoms with Crippen molar-refractivity contribution in [1.29, 1.82) is 0 Å². The van der Waals surface area contributed by atoms with Crippen LogP contribution in [0.15, 0.2) is 18.5 Å². The highest BCUT2D eigenvalue weighted by Crippen LogP contribution is 2.27. The van der Waals surface area contributed by atoms with E-state index in [4.69, 9.17) is 5.73 Å². The van der Waals surface area contributed by atoms with Crippen molar-refractivity contribution in [3.63, 3.8) is 0 Å². The molecule has 1 aromatic heterocycles. The Morgan fingerprint density at radius 1 is 1.40 bits per heavy atom. The fraction of sp³-hybridized carbons (Fsp3) is 0.583. The van der Waals surface area contributed by atoms with Gasteiger partial charge in [0.25, 0.3) is 0 Å². The van der Waals surface area contributed by atoms with Gasteiger partial charge in [-0.05, 0) is 18.1 Å². The van der Waals surface area contributed by atoms with Gasteiger partial charge >= 0.3 is 0 Å². The van der Waals surface area contributed by atoms with Gasteiger partial charge in [-0.15, -0.1) is 0 Å². The molecule has 84 valence electrons. The van der Waals surface area contributed by atoms with Crippen molar-refractivity contribution in [3.05, 3.63) is 29.6 Å². The average molecular weight is 224 g/mol. The topological polar surface area (TPSA) is 38.9 Å². The Kier molecular flexibility index (Phi) is 4.17. The van der Waals surface area contributed by atoms with Crippen LogP contribution in [-0.2, 0) is 0 Å². The molecule has 1 aromatic rings. The smallest absolute Gasteiger partial charge is 0.0402 e. The van der Waals surface area contributed by atoms with E-state index in [0.29, 0.717) is 0 Å². The molecule has 0 aliphatic carbocycles. The van der Waals surface area contributed by atoms with Gasteiger partial charge in [0.1, 0.15) is 0 Å². The number of aryl methyl sites for hydroxylation is 1. The number of aromatic nitrogens is 1. The third kappa shape index (κ3) is 4.67. The number of nitrogens with zero attached hydrogens (tertiary/aromatic N) is 1. The number of pyridine rings is 1. The molecule has 0 spiro atoms. The molecule has 1 heterocycles. The molecule has 15 heavy (non-hydrogen) atoms. The molecule has 1 unspecified atom stereocenters. The molecule has 0 bridgehead atoms. The van der Waals surface area contributed by atoms with E-state index in [9.17, 15) is 0 Å². The van der Waals surface area contributed by atoms with Gasteiger partial charge in [0.15, 0.2) is 0 Å². The number of nitrogens with two attached hydrogens (primary N) is 1. The second-order valence-electron chi connectivity index (χ2n) is 4.83. The summed E-state index contributed by atoms with van der Waals surface area (Å²) in [4.78, 5) is 4.16. The van der Waals surface area contributed by atoms with Gasteiger partial charge in [-0.25, -0.2) is 0 Å². The first-order valence-corrected chi connectivity index (χ1v) is 6.18. The Hall–Kier alpha value is -0.540. The Labute approximate surface area is 96.7 Å². The van der Waals surface area contributed by atoms with Crippen LogP contribution in [0.3, 0.4) is 0 Å². The first-order valence-electron chi connectivity index (χ1n) is 5.19. The lowest BCUT2D eigenvalue weighted by Crippen LogP contribution is -2.18. The standard InChI is InChI=1S/C12H20N2S/c1-9-5-10(7-14-6-9)11(13)8-15-12(2,3)4/h5-7,11H,8,13H2,1-4H3. The van der Waals surface area contributed by atoms with Crippen molar-refractivity contribution in [2.24, 2.45) is 5.73 Å². The van der Waals surface area contributed by atoms with E-state index >= 15 is 0 Å². The minimum absolute atomic E-state index is 0.0848. The summed E-state index contributed by atoms with van der Waals surface area (Å²) in [5, 5.41) is 0. The summed E-state index contributed by atoms with van der Waals surface area (Å²) >= 11 is 1.89. The Bertz CT molecular complexity index is 318. The highest BCUT2D eigenvalue weighted by Gasteiger charge is 2.14. The Morgan fingerprint density at radius 2 is 2.07 bits per heavy atom. The van der Waals surface area contributed by atoms with Crippen molar-refractivity contribution < 1.29 is 0 Å². The number of hydrogen-bond donors (Lipinski definition) is 1. The quantitative estimate of drug-likeness (QED) is 0.858. The summed E-state index contributed by atoms with van der Waals surface area (Å²) in [7, 11) is 0. The fourth-order valence-corrected chi connectivity index (χ4v) is 2.09. The SMILES string of the molecule is Cc1cncc(C(N)CSC(C)(C)C)c1. The molecule has 2 N–H and O–H groups in total. The number of rotatable bonds is 3. The van der Waals surface area contributed by atoms with Crippen LogP contribution in [0.2, 0.25) is 0 Å². The maximum atomic E-state index is 6.11. The minimum atomic E-state index is 0.0848. The van der Waals surface area contributed by atoms with E-state index < -0.39 is 0 Å². The zero-order chi connectivity index (χ0) is 11.5. The second-order valence-corrected chi connectivity index (χ2v) is 6.67. The first kappa shape index (κ1) is 12.5. The average Bonchev–Trinajstić information content (AvgIpc) is 2.13. The zero-order valence-electron chi connectivity index (χ0n) is 9.95. The van der Waals surface area contributed by atoms with Crippen molar-refractivity contribution in [2.45, 2.75) is 38.5 Å². The highest BCUT2D eigenvalue weighted by molar-refractivity contribution is 8.00. The van der Waals surface area contributed by atoms with Gasteiger partial charge in [0, 0.05) is 28.9 Å². The molecule has 0 radical (unpaired) electrons. The molecule has 1 atom stereocenters. The van der Waals surface area contributed by atoms with Crippen molar-refractivity contribution in [1.82, 2.24) is 4.98 Å². The highest BCUT2D eigenvalue weighted by atomic mass is 32.2.